The van der Waals surface area contributed by atoms with Crippen molar-refractivity contribution in [3.63, 3.8) is 0 Å². The lowest BCUT2D eigenvalue weighted by Gasteiger charge is -2.23. The first-order valence-corrected chi connectivity index (χ1v) is 10.1. The SMILES string of the molecule is C/C(=C/n1c2c(c3cc(C)ccc31)CN(C)CC2)c1cccc2ccccc12. The smallest absolute Gasteiger partial charge is 0.0529 e. The lowest BCUT2D eigenvalue weighted by atomic mass is 10.00. The molecule has 0 saturated carbocycles. The molecule has 28 heavy (non-hydrogen) atoms. The summed E-state index contributed by atoms with van der Waals surface area (Å²) < 4.78 is 2.45. The lowest BCUT2D eigenvalue weighted by Crippen LogP contribution is -2.26. The van der Waals surface area contributed by atoms with Crippen molar-refractivity contribution in [1.29, 1.82) is 0 Å². The van der Waals surface area contributed by atoms with E-state index < -0.39 is 0 Å². The van der Waals surface area contributed by atoms with E-state index in [-0.39, 0.29) is 0 Å². The molecule has 140 valence electrons. The predicted molar refractivity (Wildman–Crippen MR) is 121 cm³/mol. The van der Waals surface area contributed by atoms with Crippen LogP contribution in [0.25, 0.3) is 33.4 Å². The Hall–Kier alpha value is -2.84. The summed E-state index contributed by atoms with van der Waals surface area (Å²) in [6.07, 6.45) is 3.45. The van der Waals surface area contributed by atoms with Crippen LogP contribution in [0.2, 0.25) is 0 Å². The molecule has 5 rings (SSSR count). The third-order valence-corrected chi connectivity index (χ3v) is 6.07. The Kier molecular flexibility index (Phi) is 4.10. The van der Waals surface area contributed by atoms with Crippen LogP contribution in [0, 0.1) is 6.92 Å². The minimum atomic E-state index is 1.03. The Labute approximate surface area is 166 Å². The van der Waals surface area contributed by atoms with Crippen molar-refractivity contribution >= 4 is 33.4 Å². The van der Waals surface area contributed by atoms with Gasteiger partial charge in [-0.05, 0) is 60.5 Å². The van der Waals surface area contributed by atoms with E-state index in [1.54, 1.807) is 0 Å². The summed E-state index contributed by atoms with van der Waals surface area (Å²) in [5.41, 5.74) is 8.23. The maximum absolute atomic E-state index is 2.45. The molecule has 0 unspecified atom stereocenters. The van der Waals surface area contributed by atoms with Crippen LogP contribution in [-0.2, 0) is 13.0 Å². The Balaban J connectivity index is 1.73. The van der Waals surface area contributed by atoms with Gasteiger partial charge in [0.05, 0.1) is 5.52 Å². The molecule has 1 aliphatic heterocycles. The van der Waals surface area contributed by atoms with Gasteiger partial charge in [0.15, 0.2) is 0 Å². The second-order valence-electron chi connectivity index (χ2n) is 8.14. The molecule has 2 nitrogen and oxygen atoms in total. The highest BCUT2D eigenvalue weighted by Crippen LogP contribution is 2.33. The summed E-state index contributed by atoms with van der Waals surface area (Å²) in [6, 6.07) is 22.1. The molecule has 3 aromatic carbocycles. The average molecular weight is 367 g/mol. The zero-order chi connectivity index (χ0) is 19.3. The van der Waals surface area contributed by atoms with Crippen molar-refractivity contribution in [3.8, 4) is 0 Å². The average Bonchev–Trinajstić information content (AvgIpc) is 2.99. The van der Waals surface area contributed by atoms with Gasteiger partial charge in [-0.15, -0.1) is 0 Å². The van der Waals surface area contributed by atoms with E-state index in [9.17, 15) is 0 Å². The quantitative estimate of drug-likeness (QED) is 0.415. The Morgan fingerprint density at radius 2 is 1.79 bits per heavy atom. The number of allylic oxidation sites excluding steroid dienone is 1. The number of benzene rings is 3. The number of aryl methyl sites for hydroxylation is 1. The van der Waals surface area contributed by atoms with E-state index in [0.717, 1.165) is 19.5 Å². The van der Waals surface area contributed by atoms with E-state index in [2.05, 4.69) is 97.2 Å². The van der Waals surface area contributed by atoms with Gasteiger partial charge in [-0.3, -0.25) is 0 Å². The largest absolute Gasteiger partial charge is 0.320 e. The number of rotatable bonds is 2. The van der Waals surface area contributed by atoms with Crippen LogP contribution in [0.3, 0.4) is 0 Å². The van der Waals surface area contributed by atoms with Crippen molar-refractivity contribution in [1.82, 2.24) is 9.47 Å². The summed E-state index contributed by atoms with van der Waals surface area (Å²) in [5.74, 6) is 0. The van der Waals surface area contributed by atoms with Gasteiger partial charge in [-0.25, -0.2) is 0 Å². The van der Waals surface area contributed by atoms with E-state index in [1.165, 1.54) is 49.6 Å². The van der Waals surface area contributed by atoms with Gasteiger partial charge in [-0.2, -0.15) is 0 Å². The molecule has 2 heterocycles. The third-order valence-electron chi connectivity index (χ3n) is 6.07. The zero-order valence-corrected chi connectivity index (χ0v) is 16.9. The molecular weight excluding hydrogens is 340 g/mol. The van der Waals surface area contributed by atoms with E-state index in [4.69, 9.17) is 0 Å². The Morgan fingerprint density at radius 3 is 2.68 bits per heavy atom. The lowest BCUT2D eigenvalue weighted by molar-refractivity contribution is 0.312. The van der Waals surface area contributed by atoms with Gasteiger partial charge in [-0.1, -0.05) is 54.1 Å². The first kappa shape index (κ1) is 17.3. The topological polar surface area (TPSA) is 8.17 Å². The second-order valence-corrected chi connectivity index (χ2v) is 8.14. The number of aromatic nitrogens is 1. The number of hydrogen-bond donors (Lipinski definition) is 0. The van der Waals surface area contributed by atoms with Gasteiger partial charge in [0.25, 0.3) is 0 Å². The highest BCUT2D eigenvalue weighted by molar-refractivity contribution is 5.97. The Bertz CT molecular complexity index is 1220. The van der Waals surface area contributed by atoms with Crippen LogP contribution < -0.4 is 0 Å². The van der Waals surface area contributed by atoms with Crippen molar-refractivity contribution in [2.45, 2.75) is 26.8 Å². The number of fused-ring (bicyclic) bond motifs is 4. The van der Waals surface area contributed by atoms with Gasteiger partial charge >= 0.3 is 0 Å². The van der Waals surface area contributed by atoms with Crippen molar-refractivity contribution in [2.24, 2.45) is 0 Å². The number of nitrogens with zero attached hydrogens (tertiary/aromatic N) is 2. The molecule has 0 aliphatic carbocycles. The molecule has 0 radical (unpaired) electrons. The normalized spacial score (nSPS) is 15.3. The van der Waals surface area contributed by atoms with Crippen LogP contribution in [-0.4, -0.2) is 23.1 Å². The van der Waals surface area contributed by atoms with Crippen LogP contribution >= 0.6 is 0 Å². The first-order chi connectivity index (χ1) is 13.6. The summed E-state index contributed by atoms with van der Waals surface area (Å²) in [6.45, 7) is 6.57. The summed E-state index contributed by atoms with van der Waals surface area (Å²) in [5, 5.41) is 4.02. The van der Waals surface area contributed by atoms with E-state index >= 15 is 0 Å². The van der Waals surface area contributed by atoms with Gasteiger partial charge in [0, 0.05) is 36.8 Å². The maximum Gasteiger partial charge on any atom is 0.0529 e. The molecular formula is C26H26N2. The van der Waals surface area contributed by atoms with Gasteiger partial charge in [0.1, 0.15) is 0 Å². The highest BCUT2D eigenvalue weighted by Gasteiger charge is 2.22. The van der Waals surface area contributed by atoms with Crippen LogP contribution in [0.1, 0.15) is 29.3 Å². The minimum Gasteiger partial charge on any atom is -0.320 e. The molecule has 0 N–H and O–H groups in total. The molecule has 0 spiro atoms. The number of hydrogen-bond acceptors (Lipinski definition) is 1. The summed E-state index contributed by atoms with van der Waals surface area (Å²) >= 11 is 0. The van der Waals surface area contributed by atoms with Crippen molar-refractivity contribution < 1.29 is 0 Å². The van der Waals surface area contributed by atoms with Crippen LogP contribution in [0.5, 0.6) is 0 Å². The first-order valence-electron chi connectivity index (χ1n) is 10.1. The number of likely N-dealkylation sites (N-methyl/N-ethyl adjacent to an activating group) is 1. The molecule has 4 aromatic rings. The molecule has 0 saturated heterocycles. The predicted octanol–water partition coefficient (Wildman–Crippen LogP) is 6.11. The molecule has 0 bridgehead atoms. The maximum atomic E-state index is 2.45. The van der Waals surface area contributed by atoms with E-state index in [0.29, 0.717) is 0 Å². The molecule has 0 atom stereocenters. The second kappa shape index (κ2) is 6.65. The standard InChI is InChI=1S/C26H26N2/c1-18-11-12-25-23(15-18)24-17-27(3)14-13-26(24)28(25)16-19(2)21-10-6-8-20-7-4-5-9-22(20)21/h4-12,15-16H,13-14,17H2,1-3H3/b19-16-. The fraction of sp³-hybridized carbons (Fsp3) is 0.231. The van der Waals surface area contributed by atoms with E-state index in [1.807, 2.05) is 0 Å². The summed E-state index contributed by atoms with van der Waals surface area (Å²) in [4.78, 5) is 2.43. The van der Waals surface area contributed by atoms with Crippen LogP contribution in [0.15, 0.2) is 60.7 Å². The molecule has 1 aliphatic rings. The molecule has 0 fully saturated rings. The Morgan fingerprint density at radius 1 is 0.964 bits per heavy atom. The zero-order valence-electron chi connectivity index (χ0n) is 16.9. The molecule has 2 heteroatoms. The van der Waals surface area contributed by atoms with Crippen LogP contribution in [0.4, 0.5) is 0 Å². The van der Waals surface area contributed by atoms with Crippen molar-refractivity contribution in [2.75, 3.05) is 13.6 Å². The third kappa shape index (κ3) is 2.76. The molecule has 1 aromatic heterocycles. The summed E-state index contributed by atoms with van der Waals surface area (Å²) in [7, 11) is 2.22. The minimum absolute atomic E-state index is 1.03. The highest BCUT2D eigenvalue weighted by atomic mass is 15.1. The molecule has 0 amide bonds. The monoisotopic (exact) mass is 366 g/mol. The fourth-order valence-electron chi connectivity index (χ4n) is 4.62. The fourth-order valence-corrected chi connectivity index (χ4v) is 4.62. The van der Waals surface area contributed by atoms with Gasteiger partial charge < -0.3 is 9.47 Å². The van der Waals surface area contributed by atoms with Gasteiger partial charge in [0.2, 0.25) is 0 Å². The van der Waals surface area contributed by atoms with Crippen molar-refractivity contribution in [3.05, 3.63) is 83.0 Å².